The van der Waals surface area contributed by atoms with E-state index in [1.165, 1.54) is 12.0 Å². The summed E-state index contributed by atoms with van der Waals surface area (Å²) in [6.45, 7) is 0.856. The average Bonchev–Trinajstić information content (AvgIpc) is 2.66. The molecule has 0 aromatic rings. The van der Waals surface area contributed by atoms with Gasteiger partial charge in [-0.2, -0.15) is 0 Å². The fourth-order valence-corrected chi connectivity index (χ4v) is 4.07. The number of methoxy groups -OCH3 is 1. The minimum Gasteiger partial charge on any atom is -0.388 e. The van der Waals surface area contributed by atoms with Crippen molar-refractivity contribution in [3.63, 3.8) is 0 Å². The van der Waals surface area contributed by atoms with Crippen molar-refractivity contribution in [2.75, 3.05) is 34.3 Å². The summed E-state index contributed by atoms with van der Waals surface area (Å²) < 4.78 is 17.3. The van der Waals surface area contributed by atoms with E-state index in [0.717, 1.165) is 0 Å². The van der Waals surface area contributed by atoms with Gasteiger partial charge in [0.2, 0.25) is 5.91 Å². The molecule has 0 aromatic heterocycles. The van der Waals surface area contributed by atoms with E-state index in [2.05, 4.69) is 5.32 Å². The highest BCUT2D eigenvalue weighted by Gasteiger charge is 2.48. The number of ether oxygens (including phenoxy) is 3. The number of aliphatic hydroxyl groups excluding tert-OH is 2. The van der Waals surface area contributed by atoms with Gasteiger partial charge >= 0.3 is 0 Å². The van der Waals surface area contributed by atoms with Crippen LogP contribution in [0.2, 0.25) is 0 Å². The lowest BCUT2D eigenvalue weighted by Crippen LogP contribution is -2.66. The number of carbonyl (C=O) groups is 1. The number of amides is 1. The van der Waals surface area contributed by atoms with Crippen molar-refractivity contribution in [3.05, 3.63) is 0 Å². The highest BCUT2D eigenvalue weighted by atomic mass is 16.7. The number of nitrogens with zero attached hydrogens (tertiary/aromatic N) is 1. The molecule has 0 spiro atoms. The van der Waals surface area contributed by atoms with Gasteiger partial charge in [0.1, 0.15) is 18.3 Å². The number of hydrogen-bond donors (Lipinski definition) is 5. The van der Waals surface area contributed by atoms with Crippen LogP contribution in [0.25, 0.3) is 0 Å². The quantitative estimate of drug-likeness (QED) is 0.302. The zero-order valence-electron chi connectivity index (χ0n) is 17.0. The van der Waals surface area contributed by atoms with Gasteiger partial charge in [0.05, 0.1) is 18.2 Å². The molecule has 1 aliphatic heterocycles. The Labute approximate surface area is 166 Å². The largest absolute Gasteiger partial charge is 0.388 e. The molecule has 1 heterocycles. The Balaban J connectivity index is 2.13. The fraction of sp³-hybridized carbons (Fsp3) is 0.944. The number of nitrogens with two attached hydrogens (primary N) is 2. The van der Waals surface area contributed by atoms with Crippen molar-refractivity contribution in [2.45, 2.75) is 74.6 Å². The van der Waals surface area contributed by atoms with Crippen LogP contribution in [0.5, 0.6) is 0 Å². The van der Waals surface area contributed by atoms with Crippen LogP contribution in [-0.4, -0.2) is 104 Å². The molecule has 7 N–H and O–H groups in total. The Morgan fingerprint density at radius 1 is 1.36 bits per heavy atom. The zero-order valence-corrected chi connectivity index (χ0v) is 17.0. The molecular formula is C18H36N4O6. The van der Waals surface area contributed by atoms with Crippen LogP contribution in [-0.2, 0) is 19.0 Å². The first-order chi connectivity index (χ1) is 13.3. The summed E-state index contributed by atoms with van der Waals surface area (Å²) in [7, 11) is 4.96. The van der Waals surface area contributed by atoms with Gasteiger partial charge in [-0.3, -0.25) is 4.79 Å². The normalized spacial score (nSPS) is 39.0. The molecule has 0 bridgehead atoms. The van der Waals surface area contributed by atoms with Crippen LogP contribution >= 0.6 is 0 Å². The second-order valence-corrected chi connectivity index (χ2v) is 7.63. The van der Waals surface area contributed by atoms with E-state index in [9.17, 15) is 15.0 Å². The number of carbonyl (C=O) groups excluding carboxylic acids is 1. The van der Waals surface area contributed by atoms with Crippen molar-refractivity contribution in [1.82, 2.24) is 10.2 Å². The second-order valence-electron chi connectivity index (χ2n) is 7.63. The molecule has 0 radical (unpaired) electrons. The van der Waals surface area contributed by atoms with Gasteiger partial charge in [0.25, 0.3) is 0 Å². The summed E-state index contributed by atoms with van der Waals surface area (Å²) in [5.74, 6) is -0.189. The number of nitrogens with one attached hydrogen (secondary N) is 1. The Morgan fingerprint density at radius 3 is 2.68 bits per heavy atom. The zero-order chi connectivity index (χ0) is 20.8. The van der Waals surface area contributed by atoms with E-state index in [4.69, 9.17) is 25.7 Å². The molecule has 1 amide bonds. The predicted molar refractivity (Wildman–Crippen MR) is 102 cm³/mol. The second kappa shape index (κ2) is 10.8. The number of aliphatic hydroxyl groups is 2. The first-order valence-electron chi connectivity index (χ1n) is 9.89. The average molecular weight is 405 g/mol. The summed E-state index contributed by atoms with van der Waals surface area (Å²) in [6.07, 6.45) is -2.31. The maximum Gasteiger partial charge on any atom is 0.224 e. The fourth-order valence-electron chi connectivity index (χ4n) is 4.07. The smallest absolute Gasteiger partial charge is 0.224 e. The highest BCUT2D eigenvalue weighted by Crippen LogP contribution is 2.30. The van der Waals surface area contributed by atoms with Crippen LogP contribution in [0.3, 0.4) is 0 Å². The van der Waals surface area contributed by atoms with Crippen LogP contribution in [0.4, 0.5) is 0 Å². The van der Waals surface area contributed by atoms with Gasteiger partial charge in [-0.15, -0.1) is 0 Å². The van der Waals surface area contributed by atoms with Gasteiger partial charge in [-0.25, -0.2) is 0 Å². The summed E-state index contributed by atoms with van der Waals surface area (Å²) in [4.78, 5) is 13.8. The van der Waals surface area contributed by atoms with Gasteiger partial charge in [0, 0.05) is 39.7 Å². The Hall–Kier alpha value is -0.850. The van der Waals surface area contributed by atoms with E-state index in [0.29, 0.717) is 25.8 Å². The van der Waals surface area contributed by atoms with Crippen molar-refractivity contribution < 1.29 is 29.2 Å². The van der Waals surface area contributed by atoms with Crippen LogP contribution in [0, 0.1) is 0 Å². The summed E-state index contributed by atoms with van der Waals surface area (Å²) in [6, 6.07) is -1.17. The Morgan fingerprint density at radius 2 is 2.07 bits per heavy atom. The first-order valence-corrected chi connectivity index (χ1v) is 9.89. The van der Waals surface area contributed by atoms with Crippen molar-refractivity contribution in [3.8, 4) is 0 Å². The predicted octanol–water partition coefficient (Wildman–Crippen LogP) is -2.26. The molecule has 10 heteroatoms. The summed E-state index contributed by atoms with van der Waals surface area (Å²) >= 11 is 0. The molecule has 28 heavy (non-hydrogen) atoms. The minimum atomic E-state index is -1.10. The SMILES string of the molecule is CNC[C@@H]1CC[C@@H](O)[C@@H](O[C@H]2[C@H](O)[C@H](N(C)C(=O)CCN)[C@@H](OC)C[C@H]2N)O1. The maximum absolute atomic E-state index is 12.3. The first kappa shape index (κ1) is 23.4. The van der Waals surface area contributed by atoms with Crippen LogP contribution in [0.15, 0.2) is 0 Å². The maximum atomic E-state index is 12.3. The monoisotopic (exact) mass is 404 g/mol. The number of hydrogen-bond acceptors (Lipinski definition) is 9. The highest BCUT2D eigenvalue weighted by molar-refractivity contribution is 5.76. The third-order valence-electron chi connectivity index (χ3n) is 5.64. The van der Waals surface area contributed by atoms with Gasteiger partial charge in [-0.1, -0.05) is 0 Å². The molecule has 2 aliphatic rings. The lowest BCUT2D eigenvalue weighted by atomic mass is 9.83. The van der Waals surface area contributed by atoms with Gasteiger partial charge in [-0.05, 0) is 26.3 Å². The lowest BCUT2D eigenvalue weighted by Gasteiger charge is -2.48. The Bertz CT molecular complexity index is 499. The molecule has 1 saturated carbocycles. The molecule has 8 atom stereocenters. The molecule has 2 rings (SSSR count). The van der Waals surface area contributed by atoms with Gasteiger partial charge in [0.15, 0.2) is 6.29 Å². The molecule has 0 aromatic carbocycles. The minimum absolute atomic E-state index is 0.0910. The molecule has 1 aliphatic carbocycles. The van der Waals surface area contributed by atoms with Gasteiger partial charge < -0.3 is 46.1 Å². The topological polar surface area (TPSA) is 153 Å². The number of likely N-dealkylation sites (N-methyl/N-ethyl adjacent to an activating group) is 2. The molecule has 164 valence electrons. The molecule has 1 saturated heterocycles. The van der Waals surface area contributed by atoms with Crippen molar-refractivity contribution in [2.24, 2.45) is 11.5 Å². The summed E-state index contributed by atoms with van der Waals surface area (Å²) in [5.41, 5.74) is 11.7. The lowest BCUT2D eigenvalue weighted by molar-refractivity contribution is -0.279. The van der Waals surface area contributed by atoms with Crippen LogP contribution < -0.4 is 16.8 Å². The third kappa shape index (κ3) is 5.39. The van der Waals surface area contributed by atoms with E-state index < -0.39 is 42.8 Å². The Kier molecular flexibility index (Phi) is 9.03. The van der Waals surface area contributed by atoms with E-state index in [1.54, 1.807) is 7.05 Å². The van der Waals surface area contributed by atoms with Crippen LogP contribution in [0.1, 0.15) is 25.7 Å². The number of rotatable bonds is 8. The molecular weight excluding hydrogens is 368 g/mol. The molecule has 2 fully saturated rings. The third-order valence-corrected chi connectivity index (χ3v) is 5.64. The summed E-state index contributed by atoms with van der Waals surface area (Å²) in [5, 5.41) is 24.4. The van der Waals surface area contributed by atoms with E-state index in [1.807, 2.05) is 7.05 Å². The van der Waals surface area contributed by atoms with E-state index in [-0.39, 0.29) is 25.0 Å². The molecule has 0 unspecified atom stereocenters. The van der Waals surface area contributed by atoms with Crippen molar-refractivity contribution >= 4 is 5.91 Å². The van der Waals surface area contributed by atoms with Crippen molar-refractivity contribution in [1.29, 1.82) is 0 Å². The van der Waals surface area contributed by atoms with E-state index >= 15 is 0 Å². The standard InChI is InChI=1S/C18H36N4O6/c1-21-9-10-4-5-12(23)18(27-10)28-17-11(20)8-13(26-3)15(16(17)25)22(2)14(24)6-7-19/h10-13,15-18,21,23,25H,4-9,19-20H2,1-3H3/t10-,11+,12+,13-,15+,16+,17+,18+/m0/s1. The molecule has 10 nitrogen and oxygen atoms in total.